The SMILES string of the molecule is COc1cc(C2C3=C(CC(C)(C)CC3=O)Nc3ccccc3N2CC(=O)N2CCN(C(=O)C3COc4ccccc4O3)CC2)cc(OC)c1OC. The summed E-state index contributed by atoms with van der Waals surface area (Å²) in [6.45, 7) is 5.76. The van der Waals surface area contributed by atoms with Crippen LogP contribution in [-0.4, -0.2) is 94.2 Å². The van der Waals surface area contributed by atoms with Crippen LogP contribution >= 0.6 is 0 Å². The van der Waals surface area contributed by atoms with Crippen molar-refractivity contribution in [1.82, 2.24) is 9.80 Å². The number of benzene rings is 3. The van der Waals surface area contributed by atoms with Crippen LogP contribution in [0.15, 0.2) is 71.9 Å². The Morgan fingerprint density at radius 1 is 0.863 bits per heavy atom. The first-order valence-electron chi connectivity index (χ1n) is 17.2. The Kier molecular flexibility index (Phi) is 9.17. The van der Waals surface area contributed by atoms with E-state index in [-0.39, 0.29) is 36.2 Å². The van der Waals surface area contributed by atoms with Gasteiger partial charge in [-0.25, -0.2) is 0 Å². The molecular weight excluding hydrogens is 652 g/mol. The molecule has 1 N–H and O–H groups in total. The van der Waals surface area contributed by atoms with Crippen molar-refractivity contribution < 1.29 is 38.1 Å². The number of Topliss-reactive ketones (excluding diaryl/α,β-unsaturated/α-hetero) is 1. The normalized spacial score (nSPS) is 20.8. The summed E-state index contributed by atoms with van der Waals surface area (Å²) in [5.74, 6) is 2.23. The van der Waals surface area contributed by atoms with Crippen molar-refractivity contribution in [3.63, 3.8) is 0 Å². The molecule has 3 heterocycles. The first-order valence-corrected chi connectivity index (χ1v) is 17.2. The van der Waals surface area contributed by atoms with Gasteiger partial charge in [0.05, 0.1) is 45.3 Å². The minimum atomic E-state index is -0.747. The summed E-state index contributed by atoms with van der Waals surface area (Å²) in [6.07, 6.45) is 0.273. The first-order chi connectivity index (χ1) is 24.6. The van der Waals surface area contributed by atoms with Gasteiger partial charge in [-0.15, -0.1) is 0 Å². The van der Waals surface area contributed by atoms with Gasteiger partial charge in [-0.3, -0.25) is 14.4 Å². The maximum atomic E-state index is 14.3. The molecule has 4 aliphatic rings. The van der Waals surface area contributed by atoms with Crippen molar-refractivity contribution in [2.24, 2.45) is 5.41 Å². The molecule has 0 saturated carbocycles. The number of nitrogens with one attached hydrogen (secondary N) is 1. The zero-order valence-corrected chi connectivity index (χ0v) is 29.7. The topological polar surface area (TPSA) is 119 Å². The van der Waals surface area contributed by atoms with Gasteiger partial charge >= 0.3 is 0 Å². The monoisotopic (exact) mass is 696 g/mol. The molecule has 1 aliphatic carbocycles. The number of piperazine rings is 1. The molecule has 12 heteroatoms. The van der Waals surface area contributed by atoms with Gasteiger partial charge in [-0.05, 0) is 53.8 Å². The zero-order chi connectivity index (χ0) is 35.9. The third-order valence-corrected chi connectivity index (χ3v) is 10.0. The van der Waals surface area contributed by atoms with Crippen LogP contribution in [0, 0.1) is 5.41 Å². The van der Waals surface area contributed by atoms with Gasteiger partial charge in [-0.1, -0.05) is 38.1 Å². The van der Waals surface area contributed by atoms with E-state index in [1.807, 2.05) is 59.5 Å². The fourth-order valence-corrected chi connectivity index (χ4v) is 7.60. The molecule has 2 atom stereocenters. The highest BCUT2D eigenvalue weighted by molar-refractivity contribution is 6.02. The van der Waals surface area contributed by atoms with Gasteiger partial charge in [-0.2, -0.15) is 0 Å². The molecule has 1 saturated heterocycles. The number of fused-ring (bicyclic) bond motifs is 2. The number of anilines is 2. The maximum Gasteiger partial charge on any atom is 0.267 e. The van der Waals surface area contributed by atoms with Gasteiger partial charge in [0.25, 0.3) is 5.91 Å². The predicted molar refractivity (Wildman–Crippen MR) is 191 cm³/mol. The summed E-state index contributed by atoms with van der Waals surface area (Å²) >= 11 is 0. The van der Waals surface area contributed by atoms with Gasteiger partial charge in [0.2, 0.25) is 17.8 Å². The molecule has 268 valence electrons. The molecule has 0 bridgehead atoms. The number of nitrogens with zero attached hydrogens (tertiary/aromatic N) is 3. The lowest BCUT2D eigenvalue weighted by atomic mass is 9.73. The first kappa shape index (κ1) is 34.1. The fourth-order valence-electron chi connectivity index (χ4n) is 7.60. The molecule has 3 aliphatic heterocycles. The van der Waals surface area contributed by atoms with Crippen molar-refractivity contribution in [3.8, 4) is 28.7 Å². The maximum absolute atomic E-state index is 14.3. The molecule has 7 rings (SSSR count). The zero-order valence-electron chi connectivity index (χ0n) is 29.7. The van der Waals surface area contributed by atoms with E-state index < -0.39 is 12.1 Å². The van der Waals surface area contributed by atoms with Crippen LogP contribution < -0.4 is 33.9 Å². The fraction of sp³-hybridized carbons (Fsp3) is 0.410. The highest BCUT2D eigenvalue weighted by Gasteiger charge is 2.43. The van der Waals surface area contributed by atoms with Crippen LogP contribution in [0.1, 0.15) is 38.3 Å². The Hall–Kier alpha value is -5.39. The lowest BCUT2D eigenvalue weighted by Gasteiger charge is -2.40. The Morgan fingerprint density at radius 3 is 2.20 bits per heavy atom. The van der Waals surface area contributed by atoms with Crippen molar-refractivity contribution in [1.29, 1.82) is 0 Å². The number of para-hydroxylation sites is 4. The number of carbonyl (C=O) groups is 3. The molecule has 3 aromatic carbocycles. The largest absolute Gasteiger partial charge is 0.493 e. The van der Waals surface area contributed by atoms with E-state index in [2.05, 4.69) is 19.2 Å². The summed E-state index contributed by atoms with van der Waals surface area (Å²) in [6, 6.07) is 18.2. The van der Waals surface area contributed by atoms with Gasteiger partial charge < -0.3 is 43.7 Å². The molecule has 3 aromatic rings. The van der Waals surface area contributed by atoms with Crippen LogP contribution in [0.3, 0.4) is 0 Å². The third kappa shape index (κ3) is 6.50. The molecular formula is C39H44N4O8. The van der Waals surface area contributed by atoms with Gasteiger partial charge in [0.1, 0.15) is 6.61 Å². The minimum Gasteiger partial charge on any atom is -0.493 e. The quantitative estimate of drug-likeness (QED) is 0.368. The number of allylic oxidation sites excluding steroid dienone is 1. The van der Waals surface area contributed by atoms with Gasteiger partial charge in [0, 0.05) is 43.9 Å². The van der Waals surface area contributed by atoms with Crippen LogP contribution in [0.4, 0.5) is 11.4 Å². The van der Waals surface area contributed by atoms with E-state index in [1.54, 1.807) is 37.2 Å². The number of amides is 2. The number of ketones is 1. The molecule has 0 radical (unpaired) electrons. The summed E-state index contributed by atoms with van der Waals surface area (Å²) in [5, 5.41) is 3.60. The summed E-state index contributed by atoms with van der Waals surface area (Å²) in [5.41, 5.74) is 3.51. The van der Waals surface area contributed by atoms with Crippen molar-refractivity contribution >= 4 is 29.0 Å². The number of methoxy groups -OCH3 is 3. The third-order valence-electron chi connectivity index (χ3n) is 10.0. The number of ether oxygens (including phenoxy) is 5. The van der Waals surface area contributed by atoms with E-state index in [1.165, 1.54) is 0 Å². The Morgan fingerprint density at radius 2 is 1.51 bits per heavy atom. The second-order valence-corrected chi connectivity index (χ2v) is 14.0. The highest BCUT2D eigenvalue weighted by Crippen LogP contribution is 2.50. The van der Waals surface area contributed by atoms with Crippen molar-refractivity contribution in [2.45, 2.75) is 38.8 Å². The van der Waals surface area contributed by atoms with Crippen LogP contribution in [-0.2, 0) is 14.4 Å². The number of hydrogen-bond donors (Lipinski definition) is 1. The van der Waals surface area contributed by atoms with Crippen LogP contribution in [0.25, 0.3) is 0 Å². The van der Waals surface area contributed by atoms with Crippen molar-refractivity contribution in [3.05, 3.63) is 77.5 Å². The molecule has 12 nitrogen and oxygen atoms in total. The second kappa shape index (κ2) is 13.7. The molecule has 0 aromatic heterocycles. The minimum absolute atomic E-state index is 0.0152. The predicted octanol–water partition coefficient (Wildman–Crippen LogP) is 4.84. The Labute approximate surface area is 297 Å². The van der Waals surface area contributed by atoms with Crippen molar-refractivity contribution in [2.75, 3.05) is 70.9 Å². The highest BCUT2D eigenvalue weighted by atomic mass is 16.6. The number of rotatable bonds is 7. The average Bonchev–Trinajstić information content (AvgIpc) is 3.27. The molecule has 2 amide bonds. The Bertz CT molecular complexity index is 1860. The van der Waals surface area contributed by atoms with E-state index in [0.717, 1.165) is 22.6 Å². The van der Waals surface area contributed by atoms with Crippen LogP contribution in [0.5, 0.6) is 28.7 Å². The molecule has 51 heavy (non-hydrogen) atoms. The second-order valence-electron chi connectivity index (χ2n) is 14.0. The van der Waals surface area contributed by atoms with E-state index in [9.17, 15) is 14.4 Å². The summed E-state index contributed by atoms with van der Waals surface area (Å²) in [7, 11) is 4.66. The van der Waals surface area contributed by atoms with Gasteiger partial charge in [0.15, 0.2) is 28.8 Å². The lowest BCUT2D eigenvalue weighted by molar-refractivity contribution is -0.145. The molecule has 1 fully saturated rings. The molecule has 0 spiro atoms. The standard InChI is InChI=1S/C39H44N4O8/c1-39(2)20-26-35(28(44)21-39)36(24-18-31(47-3)37(49-5)32(19-24)48-4)43(27-11-7-6-10-25(27)40-26)22-34(45)41-14-16-42(17-15-41)38(46)33-23-50-29-12-8-9-13-30(29)51-33/h6-13,18-19,33,36,40H,14-17,20-23H2,1-5H3. The number of carbonyl (C=O) groups excluding carboxylic acids is 3. The summed E-state index contributed by atoms with van der Waals surface area (Å²) < 4.78 is 28.9. The summed E-state index contributed by atoms with van der Waals surface area (Å²) in [4.78, 5) is 47.5. The van der Waals surface area contributed by atoms with Crippen LogP contribution in [0.2, 0.25) is 0 Å². The lowest BCUT2D eigenvalue weighted by Crippen LogP contribution is -2.56. The smallest absolute Gasteiger partial charge is 0.267 e. The average molecular weight is 697 g/mol. The number of hydrogen-bond acceptors (Lipinski definition) is 10. The van der Waals surface area contributed by atoms with E-state index in [0.29, 0.717) is 73.3 Å². The van der Waals surface area contributed by atoms with E-state index >= 15 is 0 Å². The molecule has 2 unspecified atom stereocenters. The Balaban J connectivity index is 1.19. The van der Waals surface area contributed by atoms with E-state index in [4.69, 9.17) is 23.7 Å².